The Hall–Kier alpha value is -14.4. The van der Waals surface area contributed by atoms with Crippen molar-refractivity contribution in [3.8, 4) is 61.6 Å². The summed E-state index contributed by atoms with van der Waals surface area (Å²) in [6.45, 7) is -1.00. The van der Waals surface area contributed by atoms with E-state index in [1.165, 1.54) is 14.0 Å². The van der Waals surface area contributed by atoms with Gasteiger partial charge >= 0.3 is 0 Å². The molecule has 0 unspecified atom stereocenters. The van der Waals surface area contributed by atoms with Crippen LogP contribution in [0, 0.1) is 0 Å². The number of hydrogen-bond donors (Lipinski definition) is 0. The summed E-state index contributed by atoms with van der Waals surface area (Å²) in [5.74, 6) is 0. The Labute approximate surface area is 667 Å². The molecule has 5 heterocycles. The van der Waals surface area contributed by atoms with Gasteiger partial charge < -0.3 is 28.4 Å². The number of hydrogen-bond acceptors (Lipinski definition) is 3. The lowest BCUT2D eigenvalue weighted by Gasteiger charge is -2.45. The summed E-state index contributed by atoms with van der Waals surface area (Å²) in [4.78, 5) is 5.58. The minimum absolute atomic E-state index is 0.0148. The summed E-state index contributed by atoms with van der Waals surface area (Å²) in [6.07, 6.45) is 0. The second kappa shape index (κ2) is 25.2. The molecular formula is C102H67BN6. The van der Waals surface area contributed by atoms with Gasteiger partial charge in [0.2, 0.25) is 0 Å². The Morgan fingerprint density at radius 3 is 0.963 bits per heavy atom. The number of fused-ring (bicyclic) bond motifs is 13. The van der Waals surface area contributed by atoms with Crippen molar-refractivity contribution < 1.29 is 34.3 Å². The van der Waals surface area contributed by atoms with E-state index in [0.717, 1.165) is 44.5 Å². The van der Waals surface area contributed by atoms with Gasteiger partial charge in [-0.05, 0) is 206 Å². The third-order valence-electron chi connectivity index (χ3n) is 21.0. The molecule has 0 atom stereocenters. The molecule has 0 radical (unpaired) electrons. The Kier molecular flexibility index (Phi) is 9.68. The lowest BCUT2D eigenvalue weighted by Crippen LogP contribution is -2.61. The lowest BCUT2D eigenvalue weighted by atomic mass is 9.33. The minimum atomic E-state index is -1.00. The summed E-state index contributed by atoms with van der Waals surface area (Å²) in [5, 5.41) is -0.472. The van der Waals surface area contributed by atoms with E-state index in [4.69, 9.17) is 6.85 Å². The predicted molar refractivity (Wildman–Crippen MR) is 460 cm³/mol. The van der Waals surface area contributed by atoms with Crippen LogP contribution in [0.4, 0.5) is 51.2 Å². The van der Waals surface area contributed by atoms with Gasteiger partial charge in [0.05, 0.1) is 73.1 Å². The maximum absolute atomic E-state index is 10.2. The molecular weight excluding hydrogens is 1320 g/mol. The van der Waals surface area contributed by atoms with Crippen LogP contribution in [0.25, 0.3) is 127 Å². The quantitative estimate of drug-likeness (QED) is 0.114. The van der Waals surface area contributed by atoms with Crippen molar-refractivity contribution in [1.82, 2.24) is 13.7 Å². The zero-order valence-electron chi connectivity index (χ0n) is 82.5. The van der Waals surface area contributed by atoms with Crippen LogP contribution in [0.3, 0.4) is 0 Å². The second-order valence-electron chi connectivity index (χ2n) is 27.0. The van der Waals surface area contributed by atoms with Crippen molar-refractivity contribution in [1.29, 1.82) is 0 Å². The van der Waals surface area contributed by atoms with Gasteiger partial charge in [-0.2, -0.15) is 0 Å². The van der Waals surface area contributed by atoms with Crippen molar-refractivity contribution in [2.45, 2.75) is 0 Å². The SMILES string of the molecule is [2H]c1c([2H])c([2H])c(N(c2ccccc2)c2ccc3c(c2)c2c([2H])c([2H])c([2H])c([2H])c2n3-c2ccc3c(c2)N(c2cc(-c4ccccc4)cc(-c4ccccc4)c2)c2cc(-n4c5c([2H])c([2H])c([2H])c([2H])c5c5c([2H])c([2H])c([2H])c([2H])c54)cc4c2B3c2ccc(-n3c5c([2H])c([2H])c([2H])c([2H])c5c5c([2H])c([2H])c([2H])c([2H])c53)cc2N4c2cc(-c3ccccc3)cc(-c3ccccc3)c2)c([2H])c1[2H]. The average Bonchev–Trinajstić information content (AvgIpc) is 1.62. The van der Waals surface area contributed by atoms with E-state index in [2.05, 4.69) is 17.0 Å². The van der Waals surface area contributed by atoms with Crippen molar-refractivity contribution in [2.24, 2.45) is 0 Å². The molecule has 0 fully saturated rings. The summed E-state index contributed by atoms with van der Waals surface area (Å²) >= 11 is 0. The third-order valence-corrected chi connectivity index (χ3v) is 21.0. The van der Waals surface area contributed by atoms with Crippen LogP contribution in [-0.2, 0) is 0 Å². The molecule has 109 heavy (non-hydrogen) atoms. The normalized spacial score (nSPS) is 15.6. The second-order valence-corrected chi connectivity index (χ2v) is 27.0. The van der Waals surface area contributed by atoms with E-state index < -0.39 is 158 Å². The maximum Gasteiger partial charge on any atom is 0.252 e. The average molecular weight is 1410 g/mol. The first-order valence-corrected chi connectivity index (χ1v) is 35.5. The van der Waals surface area contributed by atoms with E-state index in [0.29, 0.717) is 67.4 Å². The third kappa shape index (κ3) is 10.0. The number of para-hydroxylation sites is 7. The molecule has 0 N–H and O–H groups in total. The number of aromatic nitrogens is 3. The topological polar surface area (TPSA) is 24.5 Å². The van der Waals surface area contributed by atoms with Crippen molar-refractivity contribution >= 4 is 140 Å². The van der Waals surface area contributed by atoms with E-state index >= 15 is 0 Å². The lowest BCUT2D eigenvalue weighted by molar-refractivity contribution is 1.15. The van der Waals surface area contributed by atoms with Crippen LogP contribution in [0.5, 0.6) is 0 Å². The number of rotatable bonds is 12. The molecule has 6 nitrogen and oxygen atoms in total. The highest BCUT2D eigenvalue weighted by Crippen LogP contribution is 2.51. The molecule has 17 aromatic carbocycles. The van der Waals surface area contributed by atoms with Crippen LogP contribution >= 0.6 is 0 Å². The molecule has 22 rings (SSSR count). The largest absolute Gasteiger partial charge is 0.311 e. The van der Waals surface area contributed by atoms with Gasteiger partial charge in [-0.1, -0.05) is 260 Å². The van der Waals surface area contributed by atoms with Gasteiger partial charge in [0, 0.05) is 94.9 Å². The van der Waals surface area contributed by atoms with Gasteiger partial charge in [-0.3, -0.25) is 0 Å². The van der Waals surface area contributed by atoms with Crippen LogP contribution in [0.1, 0.15) is 34.3 Å². The molecule has 0 amide bonds. The highest BCUT2D eigenvalue weighted by molar-refractivity contribution is 7.00. The first kappa shape index (κ1) is 41.9. The first-order valence-electron chi connectivity index (χ1n) is 48.0. The van der Waals surface area contributed by atoms with Crippen molar-refractivity contribution in [3.63, 3.8) is 0 Å². The minimum Gasteiger partial charge on any atom is -0.311 e. The van der Waals surface area contributed by atoms with Crippen molar-refractivity contribution in [2.75, 3.05) is 14.7 Å². The van der Waals surface area contributed by atoms with E-state index in [1.807, 2.05) is 187 Å². The highest BCUT2D eigenvalue weighted by atomic mass is 15.2. The molecule has 3 aromatic heterocycles. The molecule has 508 valence electrons. The summed E-state index contributed by atoms with van der Waals surface area (Å²) in [7, 11) is 0. The molecule has 20 aromatic rings. The Morgan fingerprint density at radius 2 is 0.560 bits per heavy atom. The molecule has 0 bridgehead atoms. The molecule has 0 saturated heterocycles. The summed E-state index contributed by atoms with van der Waals surface area (Å²) in [5.41, 5.74) is 10.8. The molecule has 0 saturated carbocycles. The standard InChI is InChI=1S/C102H67BN6/c1-7-29-68(30-8-1)72-57-73(69-31-9-2-10-32-69)60-81(59-72)108-98-64-79(105-92-46-24-19-41-84(92)85-42-20-25-47-93(85)105)51-54-90(98)103-91-55-52-80(106-96-50-28-23-45-88(96)89-63-78(53-56-97(89)106)104(76-37-15-5-16-38-76)77-39-17-6-18-40-77)65-99(91)109(82-61-74(70-33-11-3-12-34-70)58-75(62-82)71-35-13-4-14-36-71)101-67-83(66-100(108)102(101)103)107-94-48-26-21-43-86(94)87-44-22-27-49-95(87)107/h1-67H/i5D,15D,16D,19D,20D,21D,22D,23D,24D,25D,26D,27D,28D,37D,38D,41D,42D,43D,44D,45D,46D,47D,48D,49D,50D. The maximum atomic E-state index is 10.2. The van der Waals surface area contributed by atoms with E-state index in [1.54, 1.807) is 65.2 Å². The number of benzene rings is 17. The zero-order chi connectivity index (χ0) is 93.4. The number of nitrogens with zero attached hydrogens (tertiary/aromatic N) is 6. The fourth-order valence-electron chi connectivity index (χ4n) is 16.4. The van der Waals surface area contributed by atoms with Gasteiger partial charge in [-0.25, -0.2) is 0 Å². The molecule has 0 aliphatic carbocycles. The van der Waals surface area contributed by atoms with Crippen molar-refractivity contribution in [3.05, 3.63) is 406 Å². The van der Waals surface area contributed by atoms with Crippen LogP contribution in [-0.4, -0.2) is 20.4 Å². The van der Waals surface area contributed by atoms with Gasteiger partial charge in [0.1, 0.15) is 0 Å². The van der Waals surface area contributed by atoms with Gasteiger partial charge in [0.15, 0.2) is 0 Å². The van der Waals surface area contributed by atoms with E-state index in [-0.39, 0.29) is 82.7 Å². The molecule has 2 aliphatic heterocycles. The fourth-order valence-corrected chi connectivity index (χ4v) is 16.4. The smallest absolute Gasteiger partial charge is 0.252 e. The van der Waals surface area contributed by atoms with Gasteiger partial charge in [-0.15, -0.1) is 0 Å². The predicted octanol–water partition coefficient (Wildman–Crippen LogP) is 25.2. The Balaban J connectivity index is 0.932. The van der Waals surface area contributed by atoms with Crippen LogP contribution < -0.4 is 31.1 Å². The van der Waals surface area contributed by atoms with E-state index in [9.17, 15) is 27.4 Å². The zero-order valence-corrected chi connectivity index (χ0v) is 57.5. The number of anilines is 9. The molecule has 2 aliphatic rings. The molecule has 0 spiro atoms. The first-order chi connectivity index (χ1) is 64.4. The Bertz CT molecular complexity index is 8290. The Morgan fingerprint density at radius 1 is 0.220 bits per heavy atom. The van der Waals surface area contributed by atoms with Gasteiger partial charge in [0.25, 0.3) is 6.71 Å². The summed E-state index contributed by atoms with van der Waals surface area (Å²) in [6, 6.07) is 64.7. The van der Waals surface area contributed by atoms with Crippen LogP contribution in [0.2, 0.25) is 0 Å². The highest BCUT2D eigenvalue weighted by Gasteiger charge is 2.45. The summed E-state index contributed by atoms with van der Waals surface area (Å²) < 4.78 is 243. The monoisotopic (exact) mass is 1410 g/mol. The van der Waals surface area contributed by atoms with Crippen LogP contribution in [0.15, 0.2) is 406 Å². The molecule has 7 heteroatoms. The fraction of sp³-hybridized carbons (Fsp3) is 0.